The summed E-state index contributed by atoms with van der Waals surface area (Å²) >= 11 is 0. The monoisotopic (exact) mass is 268 g/mol. The number of para-hydroxylation sites is 1. The summed E-state index contributed by atoms with van der Waals surface area (Å²) in [5.41, 5.74) is 3.01. The number of benzene rings is 1. The van der Waals surface area contributed by atoms with E-state index in [0.29, 0.717) is 5.41 Å². The molecule has 2 heteroatoms. The topological polar surface area (TPSA) is 24.9 Å². The van der Waals surface area contributed by atoms with Crippen LogP contribution in [0.5, 0.6) is 0 Å². The number of nitrogens with one attached hydrogen (secondary N) is 1. The predicted octanol–water partition coefficient (Wildman–Crippen LogP) is 4.29. The predicted molar refractivity (Wildman–Crippen MR) is 84.6 cm³/mol. The fraction of sp³-hybridized carbons (Fsp3) is 0.500. The highest BCUT2D eigenvalue weighted by molar-refractivity contribution is 5.81. The second-order valence-corrected chi connectivity index (χ2v) is 6.15. The average Bonchev–Trinajstić information content (AvgIpc) is 2.97. The molecule has 0 bridgehead atoms. The van der Waals surface area contributed by atoms with E-state index >= 15 is 0 Å². The molecule has 0 unspecified atom stereocenters. The Morgan fingerprint density at radius 2 is 1.95 bits per heavy atom. The van der Waals surface area contributed by atoms with Crippen LogP contribution < -0.4 is 5.32 Å². The molecule has 1 aliphatic carbocycles. The number of hydrogen-bond acceptors (Lipinski definition) is 2. The summed E-state index contributed by atoms with van der Waals surface area (Å²) in [6, 6.07) is 10.5. The number of hydrogen-bond donors (Lipinski definition) is 1. The highest BCUT2D eigenvalue weighted by Gasteiger charge is 2.31. The molecular formula is C18H24N2. The summed E-state index contributed by atoms with van der Waals surface area (Å²) in [4.78, 5) is 4.43. The lowest BCUT2D eigenvalue weighted by molar-refractivity contribution is 0.268. The van der Waals surface area contributed by atoms with Crippen LogP contribution in [0.15, 0.2) is 36.5 Å². The van der Waals surface area contributed by atoms with Crippen LogP contribution in [0.25, 0.3) is 10.9 Å². The van der Waals surface area contributed by atoms with Crippen LogP contribution in [0, 0.1) is 5.41 Å². The molecule has 1 aromatic heterocycles. The quantitative estimate of drug-likeness (QED) is 0.874. The van der Waals surface area contributed by atoms with Crippen molar-refractivity contribution in [2.24, 2.45) is 5.41 Å². The highest BCUT2D eigenvalue weighted by atomic mass is 14.9. The normalized spacial score (nSPS) is 17.6. The second kappa shape index (κ2) is 5.92. The molecule has 0 spiro atoms. The van der Waals surface area contributed by atoms with Crippen molar-refractivity contribution in [1.82, 2.24) is 10.3 Å². The van der Waals surface area contributed by atoms with Crippen LogP contribution in [-0.4, -0.2) is 11.5 Å². The van der Waals surface area contributed by atoms with Gasteiger partial charge in [-0.3, -0.25) is 4.98 Å². The van der Waals surface area contributed by atoms with E-state index in [1.54, 1.807) is 0 Å². The van der Waals surface area contributed by atoms with Gasteiger partial charge in [0.1, 0.15) is 0 Å². The number of fused-ring (bicyclic) bond motifs is 1. The number of rotatable bonds is 5. The van der Waals surface area contributed by atoms with Gasteiger partial charge >= 0.3 is 0 Å². The SMILES string of the molecule is CCC1(CNCc2ccnc3ccccc23)CCCC1. The molecule has 3 rings (SSSR count). The Morgan fingerprint density at radius 3 is 2.75 bits per heavy atom. The Labute approximate surface area is 121 Å². The first-order valence-corrected chi connectivity index (χ1v) is 7.86. The maximum Gasteiger partial charge on any atom is 0.0705 e. The van der Waals surface area contributed by atoms with Crippen molar-refractivity contribution in [3.05, 3.63) is 42.1 Å². The van der Waals surface area contributed by atoms with Gasteiger partial charge < -0.3 is 5.32 Å². The van der Waals surface area contributed by atoms with Crippen molar-refractivity contribution >= 4 is 10.9 Å². The molecule has 1 heterocycles. The molecule has 0 radical (unpaired) electrons. The molecule has 0 amide bonds. The van der Waals surface area contributed by atoms with E-state index < -0.39 is 0 Å². The highest BCUT2D eigenvalue weighted by Crippen LogP contribution is 2.40. The zero-order valence-electron chi connectivity index (χ0n) is 12.4. The summed E-state index contributed by atoms with van der Waals surface area (Å²) in [7, 11) is 0. The molecule has 106 valence electrons. The standard InChI is InChI=1S/C18H24N2/c1-2-18(10-5-6-11-18)14-19-13-15-9-12-20-17-8-4-3-7-16(15)17/h3-4,7-9,12,19H,2,5-6,10-11,13-14H2,1H3. The van der Waals surface area contributed by atoms with E-state index in [0.717, 1.165) is 18.6 Å². The first-order valence-electron chi connectivity index (χ1n) is 7.86. The molecule has 1 saturated carbocycles. The van der Waals surface area contributed by atoms with E-state index in [4.69, 9.17) is 0 Å². The van der Waals surface area contributed by atoms with Crippen molar-refractivity contribution in [3.63, 3.8) is 0 Å². The minimum absolute atomic E-state index is 0.558. The molecule has 0 saturated heterocycles. The minimum atomic E-state index is 0.558. The molecule has 1 aliphatic rings. The Kier molecular flexibility index (Phi) is 4.02. The molecule has 2 nitrogen and oxygen atoms in total. The minimum Gasteiger partial charge on any atom is -0.312 e. The van der Waals surface area contributed by atoms with Crippen LogP contribution in [-0.2, 0) is 6.54 Å². The number of aromatic nitrogens is 1. The van der Waals surface area contributed by atoms with Crippen LogP contribution in [0.1, 0.15) is 44.6 Å². The van der Waals surface area contributed by atoms with E-state index in [9.17, 15) is 0 Å². The number of nitrogens with zero attached hydrogens (tertiary/aromatic N) is 1. The lowest BCUT2D eigenvalue weighted by Crippen LogP contribution is -2.31. The molecule has 1 aromatic carbocycles. The zero-order valence-corrected chi connectivity index (χ0v) is 12.4. The van der Waals surface area contributed by atoms with Crippen molar-refractivity contribution in [2.45, 2.75) is 45.6 Å². The summed E-state index contributed by atoms with van der Waals surface area (Å²) in [6.45, 7) is 4.44. The van der Waals surface area contributed by atoms with Crippen LogP contribution in [0.2, 0.25) is 0 Å². The summed E-state index contributed by atoms with van der Waals surface area (Å²) in [5, 5.41) is 4.98. The Balaban J connectivity index is 1.68. The van der Waals surface area contributed by atoms with Crippen LogP contribution in [0.3, 0.4) is 0 Å². The first-order chi connectivity index (χ1) is 9.83. The summed E-state index contributed by atoms with van der Waals surface area (Å²) in [6.07, 6.45) is 8.84. The van der Waals surface area contributed by atoms with Gasteiger partial charge in [0.25, 0.3) is 0 Å². The second-order valence-electron chi connectivity index (χ2n) is 6.15. The maximum absolute atomic E-state index is 4.43. The van der Waals surface area contributed by atoms with E-state index in [1.807, 2.05) is 6.20 Å². The molecule has 2 aromatic rings. The molecular weight excluding hydrogens is 244 g/mol. The van der Waals surface area contributed by atoms with E-state index in [2.05, 4.69) is 47.6 Å². The fourth-order valence-corrected chi connectivity index (χ4v) is 3.55. The smallest absolute Gasteiger partial charge is 0.0705 e. The lowest BCUT2D eigenvalue weighted by Gasteiger charge is -2.28. The Hall–Kier alpha value is -1.41. The van der Waals surface area contributed by atoms with Crippen molar-refractivity contribution in [2.75, 3.05) is 6.54 Å². The molecule has 0 aliphatic heterocycles. The summed E-state index contributed by atoms with van der Waals surface area (Å²) < 4.78 is 0. The summed E-state index contributed by atoms with van der Waals surface area (Å²) in [5.74, 6) is 0. The third-order valence-corrected chi connectivity index (χ3v) is 4.97. The van der Waals surface area contributed by atoms with Gasteiger partial charge in [0.05, 0.1) is 5.52 Å². The van der Waals surface area contributed by atoms with Gasteiger partial charge in [0.15, 0.2) is 0 Å². The average molecular weight is 268 g/mol. The van der Waals surface area contributed by atoms with Gasteiger partial charge in [0.2, 0.25) is 0 Å². The van der Waals surface area contributed by atoms with E-state index in [-0.39, 0.29) is 0 Å². The zero-order chi connectivity index (χ0) is 13.8. The Bertz CT molecular complexity index is 565. The molecule has 20 heavy (non-hydrogen) atoms. The maximum atomic E-state index is 4.43. The molecule has 1 N–H and O–H groups in total. The van der Waals surface area contributed by atoms with Gasteiger partial charge in [-0.05, 0) is 42.4 Å². The largest absolute Gasteiger partial charge is 0.312 e. The van der Waals surface area contributed by atoms with E-state index in [1.165, 1.54) is 43.1 Å². The first kappa shape index (κ1) is 13.6. The van der Waals surface area contributed by atoms with Gasteiger partial charge in [-0.15, -0.1) is 0 Å². The van der Waals surface area contributed by atoms with Crippen LogP contribution in [0.4, 0.5) is 0 Å². The van der Waals surface area contributed by atoms with Crippen LogP contribution >= 0.6 is 0 Å². The number of pyridine rings is 1. The van der Waals surface area contributed by atoms with Gasteiger partial charge in [0, 0.05) is 24.7 Å². The van der Waals surface area contributed by atoms with Crippen molar-refractivity contribution in [3.8, 4) is 0 Å². The molecule has 0 atom stereocenters. The third-order valence-electron chi connectivity index (χ3n) is 4.97. The van der Waals surface area contributed by atoms with Gasteiger partial charge in [-0.1, -0.05) is 38.0 Å². The van der Waals surface area contributed by atoms with Crippen molar-refractivity contribution < 1.29 is 0 Å². The van der Waals surface area contributed by atoms with Gasteiger partial charge in [-0.25, -0.2) is 0 Å². The Morgan fingerprint density at radius 1 is 1.15 bits per heavy atom. The third kappa shape index (κ3) is 2.71. The lowest BCUT2D eigenvalue weighted by atomic mass is 9.83. The fourth-order valence-electron chi connectivity index (χ4n) is 3.55. The van der Waals surface area contributed by atoms with Gasteiger partial charge in [-0.2, -0.15) is 0 Å². The molecule has 1 fully saturated rings. The van der Waals surface area contributed by atoms with Crippen molar-refractivity contribution in [1.29, 1.82) is 0 Å².